The van der Waals surface area contributed by atoms with Gasteiger partial charge >= 0.3 is 0 Å². The Balaban J connectivity index is 2.38. The first kappa shape index (κ1) is 11.5. The number of aromatic nitrogens is 2. The Labute approximate surface area is 103 Å². The molecule has 1 aromatic heterocycles. The topological polar surface area (TPSA) is 52.1 Å². The molecular formula is C12H9ClN2O2. The molecule has 0 radical (unpaired) electrons. The van der Waals surface area contributed by atoms with Crippen molar-refractivity contribution in [1.82, 2.24) is 9.97 Å². The number of methoxy groups -OCH3 is 1. The van der Waals surface area contributed by atoms with E-state index in [1.54, 1.807) is 18.2 Å². The molecule has 4 nitrogen and oxygen atoms in total. The highest BCUT2D eigenvalue weighted by Crippen LogP contribution is 2.25. The average Bonchev–Trinajstić information content (AvgIpc) is 2.39. The molecule has 0 saturated heterocycles. The highest BCUT2D eigenvalue weighted by molar-refractivity contribution is 6.32. The van der Waals surface area contributed by atoms with Crippen LogP contribution in [0, 0.1) is 0 Å². The van der Waals surface area contributed by atoms with Crippen LogP contribution in [0.2, 0.25) is 5.02 Å². The number of nitrogens with zero attached hydrogens (tertiary/aromatic N) is 2. The van der Waals surface area contributed by atoms with Gasteiger partial charge in [0.25, 0.3) is 0 Å². The number of carbonyl (C=O) groups excluding carboxylic acids is 1. The Morgan fingerprint density at radius 2 is 2.18 bits per heavy atom. The van der Waals surface area contributed by atoms with E-state index in [0.29, 0.717) is 16.3 Å². The minimum Gasteiger partial charge on any atom is -0.495 e. The molecule has 0 fully saturated rings. The van der Waals surface area contributed by atoms with Crippen LogP contribution in [0.25, 0.3) is 0 Å². The summed E-state index contributed by atoms with van der Waals surface area (Å²) in [5.41, 5.74) is 0.753. The molecule has 0 spiro atoms. The molecule has 0 atom stereocenters. The molecule has 0 unspecified atom stereocenters. The van der Waals surface area contributed by atoms with Crippen molar-refractivity contribution in [1.29, 1.82) is 0 Å². The van der Waals surface area contributed by atoms with E-state index in [2.05, 4.69) is 9.97 Å². The van der Waals surface area contributed by atoms with Crippen LogP contribution in [0.1, 0.15) is 16.1 Å². The number of hydrogen-bond donors (Lipinski definition) is 0. The van der Waals surface area contributed by atoms with Gasteiger partial charge in [0.1, 0.15) is 11.4 Å². The van der Waals surface area contributed by atoms with E-state index >= 15 is 0 Å². The fraction of sp³-hybridized carbons (Fsp3) is 0.0833. The van der Waals surface area contributed by atoms with Crippen LogP contribution >= 0.6 is 11.6 Å². The predicted octanol–water partition coefficient (Wildman–Crippen LogP) is 2.37. The number of rotatable bonds is 3. The molecule has 0 N–H and O–H groups in total. The molecule has 0 aliphatic rings. The fourth-order valence-corrected chi connectivity index (χ4v) is 1.56. The molecule has 86 valence electrons. The first-order valence-electron chi connectivity index (χ1n) is 4.86. The van der Waals surface area contributed by atoms with Crippen molar-refractivity contribution in [3.63, 3.8) is 0 Å². The lowest BCUT2D eigenvalue weighted by molar-refractivity contribution is 0.103. The maximum absolute atomic E-state index is 12.0. The molecule has 1 heterocycles. The van der Waals surface area contributed by atoms with E-state index in [1.807, 2.05) is 0 Å². The van der Waals surface area contributed by atoms with Gasteiger partial charge in [-0.05, 0) is 18.2 Å². The van der Waals surface area contributed by atoms with E-state index < -0.39 is 0 Å². The summed E-state index contributed by atoms with van der Waals surface area (Å²) in [5.74, 6) is 0.245. The predicted molar refractivity (Wildman–Crippen MR) is 63.5 cm³/mol. The Bertz CT molecular complexity index is 543. The standard InChI is InChI=1S/C12H9ClN2O2/c1-17-11-6-8(2-3-9(11)13)12(16)10-7-14-4-5-15-10/h2-7H,1H3. The van der Waals surface area contributed by atoms with Crippen LogP contribution in [-0.4, -0.2) is 22.9 Å². The van der Waals surface area contributed by atoms with Gasteiger partial charge in [-0.1, -0.05) is 11.6 Å². The van der Waals surface area contributed by atoms with Crippen molar-refractivity contribution < 1.29 is 9.53 Å². The third kappa shape index (κ3) is 2.42. The van der Waals surface area contributed by atoms with E-state index in [1.165, 1.54) is 25.7 Å². The lowest BCUT2D eigenvalue weighted by atomic mass is 10.1. The van der Waals surface area contributed by atoms with Gasteiger partial charge in [0, 0.05) is 18.0 Å². The summed E-state index contributed by atoms with van der Waals surface area (Å²) in [6.07, 6.45) is 4.41. The summed E-state index contributed by atoms with van der Waals surface area (Å²) < 4.78 is 5.05. The maximum atomic E-state index is 12.0. The number of ether oxygens (including phenoxy) is 1. The van der Waals surface area contributed by atoms with Gasteiger partial charge in [0.2, 0.25) is 5.78 Å². The van der Waals surface area contributed by atoms with E-state index in [4.69, 9.17) is 16.3 Å². The second-order valence-corrected chi connectivity index (χ2v) is 3.68. The number of carbonyl (C=O) groups is 1. The highest BCUT2D eigenvalue weighted by Gasteiger charge is 2.12. The minimum absolute atomic E-state index is 0.215. The largest absolute Gasteiger partial charge is 0.495 e. The second kappa shape index (κ2) is 4.93. The Kier molecular flexibility index (Phi) is 3.35. The van der Waals surface area contributed by atoms with Crippen molar-refractivity contribution in [3.8, 4) is 5.75 Å². The fourth-order valence-electron chi connectivity index (χ4n) is 1.37. The van der Waals surface area contributed by atoms with Gasteiger partial charge in [-0.15, -0.1) is 0 Å². The van der Waals surface area contributed by atoms with Gasteiger partial charge in [-0.2, -0.15) is 0 Å². The van der Waals surface area contributed by atoms with E-state index in [0.717, 1.165) is 0 Å². The molecule has 2 aromatic rings. The van der Waals surface area contributed by atoms with Crippen molar-refractivity contribution in [2.75, 3.05) is 7.11 Å². The lowest BCUT2D eigenvalue weighted by Gasteiger charge is -2.05. The summed E-state index contributed by atoms with van der Waals surface area (Å²) in [7, 11) is 1.50. The third-order valence-corrected chi connectivity index (χ3v) is 2.52. The summed E-state index contributed by atoms with van der Waals surface area (Å²) in [4.78, 5) is 19.8. The first-order chi connectivity index (χ1) is 8.22. The van der Waals surface area contributed by atoms with E-state index in [9.17, 15) is 4.79 Å². The molecule has 17 heavy (non-hydrogen) atoms. The van der Waals surface area contributed by atoms with Gasteiger partial charge in [-0.25, -0.2) is 4.98 Å². The molecule has 0 aliphatic heterocycles. The molecular weight excluding hydrogens is 240 g/mol. The average molecular weight is 249 g/mol. The van der Waals surface area contributed by atoms with Gasteiger partial charge in [0.05, 0.1) is 18.3 Å². The quantitative estimate of drug-likeness (QED) is 0.783. The zero-order valence-corrected chi connectivity index (χ0v) is 9.81. The number of benzene rings is 1. The summed E-state index contributed by atoms with van der Waals surface area (Å²) in [6.45, 7) is 0. The van der Waals surface area contributed by atoms with Gasteiger partial charge < -0.3 is 4.74 Å². The van der Waals surface area contributed by atoms with E-state index in [-0.39, 0.29) is 11.5 Å². The Hall–Kier alpha value is -1.94. The molecule has 0 saturated carbocycles. The van der Waals surface area contributed by atoms with Crippen LogP contribution in [0.5, 0.6) is 5.75 Å². The molecule has 0 amide bonds. The normalized spacial score (nSPS) is 10.0. The highest BCUT2D eigenvalue weighted by atomic mass is 35.5. The number of halogens is 1. The van der Waals surface area contributed by atoms with Crippen molar-refractivity contribution in [3.05, 3.63) is 53.1 Å². The van der Waals surface area contributed by atoms with Crippen LogP contribution in [0.4, 0.5) is 0 Å². The Morgan fingerprint density at radius 1 is 1.35 bits per heavy atom. The molecule has 2 rings (SSSR count). The minimum atomic E-state index is -0.215. The lowest BCUT2D eigenvalue weighted by Crippen LogP contribution is -2.04. The van der Waals surface area contributed by atoms with Gasteiger partial charge in [-0.3, -0.25) is 9.78 Å². The summed E-state index contributed by atoms with van der Waals surface area (Å²) in [5, 5.41) is 0.461. The zero-order valence-electron chi connectivity index (χ0n) is 9.05. The third-order valence-electron chi connectivity index (χ3n) is 2.21. The smallest absolute Gasteiger partial charge is 0.213 e. The van der Waals surface area contributed by atoms with Crippen molar-refractivity contribution in [2.24, 2.45) is 0 Å². The van der Waals surface area contributed by atoms with Crippen LogP contribution in [0.15, 0.2) is 36.8 Å². The van der Waals surface area contributed by atoms with Gasteiger partial charge in [0.15, 0.2) is 0 Å². The first-order valence-corrected chi connectivity index (χ1v) is 5.24. The second-order valence-electron chi connectivity index (χ2n) is 3.27. The summed E-state index contributed by atoms with van der Waals surface area (Å²) >= 11 is 5.88. The monoisotopic (exact) mass is 248 g/mol. The van der Waals surface area contributed by atoms with Crippen LogP contribution < -0.4 is 4.74 Å². The summed E-state index contributed by atoms with van der Waals surface area (Å²) in [6, 6.07) is 4.82. The number of hydrogen-bond acceptors (Lipinski definition) is 4. The van der Waals surface area contributed by atoms with Crippen LogP contribution in [0.3, 0.4) is 0 Å². The SMILES string of the molecule is COc1cc(C(=O)c2cnccn2)ccc1Cl. The molecule has 1 aromatic carbocycles. The van der Waals surface area contributed by atoms with Crippen molar-refractivity contribution in [2.45, 2.75) is 0 Å². The molecule has 5 heteroatoms. The van der Waals surface area contributed by atoms with Crippen LogP contribution in [-0.2, 0) is 0 Å². The van der Waals surface area contributed by atoms with Crippen molar-refractivity contribution >= 4 is 17.4 Å². The molecule has 0 bridgehead atoms. The Morgan fingerprint density at radius 3 is 2.82 bits per heavy atom. The maximum Gasteiger partial charge on any atom is 0.213 e. The molecule has 0 aliphatic carbocycles. The zero-order chi connectivity index (χ0) is 12.3. The number of ketones is 1.